The predicted molar refractivity (Wildman–Crippen MR) is 110 cm³/mol. The quantitative estimate of drug-likeness (QED) is 0.789. The molecular weight excluding hydrogens is 383 g/mol. The number of hydrogen-bond donors (Lipinski definition) is 1. The van der Waals surface area contributed by atoms with Crippen LogP contribution in [0.4, 0.5) is 0 Å². The molecule has 1 aliphatic heterocycles. The maximum absolute atomic E-state index is 11.4. The molecule has 0 bridgehead atoms. The second kappa shape index (κ2) is 8.61. The van der Waals surface area contributed by atoms with Gasteiger partial charge >= 0.3 is 5.97 Å². The third kappa shape index (κ3) is 4.64. The summed E-state index contributed by atoms with van der Waals surface area (Å²) in [5.74, 6) is -0.776. The number of nitrogens with zero attached hydrogens (tertiary/aromatic N) is 2. The van der Waals surface area contributed by atoms with Crippen molar-refractivity contribution in [3.8, 4) is 0 Å². The van der Waals surface area contributed by atoms with Gasteiger partial charge in [-0.3, -0.25) is 14.6 Å². The van der Waals surface area contributed by atoms with Crippen molar-refractivity contribution in [1.82, 2.24) is 9.80 Å². The van der Waals surface area contributed by atoms with Gasteiger partial charge in [-0.25, -0.2) is 0 Å². The molecule has 4 nitrogen and oxygen atoms in total. The smallest absolute Gasteiger partial charge is 0.320 e. The number of hydrogen-bond acceptors (Lipinski definition) is 3. The van der Waals surface area contributed by atoms with Crippen LogP contribution in [0.25, 0.3) is 0 Å². The van der Waals surface area contributed by atoms with Gasteiger partial charge in [0.25, 0.3) is 0 Å². The molecule has 2 aromatic rings. The highest BCUT2D eigenvalue weighted by molar-refractivity contribution is 6.30. The van der Waals surface area contributed by atoms with E-state index in [2.05, 4.69) is 41.0 Å². The summed E-state index contributed by atoms with van der Waals surface area (Å²) in [5.41, 5.74) is 2.32. The standard InChI is InChI=1S/C21H24Cl2N2O2/c1-14-13-24(11-12-25(14)15(2)21(26)27)20(16-3-7-18(22)8-4-16)17-5-9-19(23)10-6-17/h3-10,14-15,20H,11-13H2,1-2H3,(H,26,27)/t14-,15-/m1/s1. The van der Waals surface area contributed by atoms with Crippen LogP contribution in [0.3, 0.4) is 0 Å². The Morgan fingerprint density at radius 1 is 1.00 bits per heavy atom. The van der Waals surface area contributed by atoms with Crippen LogP contribution in [0.2, 0.25) is 10.0 Å². The first-order chi connectivity index (χ1) is 12.9. The van der Waals surface area contributed by atoms with Gasteiger partial charge in [-0.2, -0.15) is 0 Å². The molecule has 0 aromatic heterocycles. The summed E-state index contributed by atoms with van der Waals surface area (Å²) in [4.78, 5) is 15.8. The van der Waals surface area contributed by atoms with Crippen LogP contribution >= 0.6 is 23.2 Å². The summed E-state index contributed by atoms with van der Waals surface area (Å²) in [5, 5.41) is 10.8. The van der Waals surface area contributed by atoms with E-state index in [9.17, 15) is 9.90 Å². The summed E-state index contributed by atoms with van der Waals surface area (Å²) in [6.07, 6.45) is 0. The lowest BCUT2D eigenvalue weighted by atomic mass is 9.95. The van der Waals surface area contributed by atoms with Gasteiger partial charge in [-0.05, 0) is 49.2 Å². The maximum Gasteiger partial charge on any atom is 0.320 e. The van der Waals surface area contributed by atoms with Gasteiger partial charge in [0.1, 0.15) is 6.04 Å². The molecule has 0 spiro atoms. The third-order valence-corrected chi connectivity index (χ3v) is 5.81. The van der Waals surface area contributed by atoms with Gasteiger partial charge in [0.05, 0.1) is 6.04 Å². The fourth-order valence-corrected chi connectivity index (χ4v) is 4.11. The highest BCUT2D eigenvalue weighted by Gasteiger charge is 2.34. The molecule has 0 unspecified atom stereocenters. The second-order valence-electron chi connectivity index (χ2n) is 7.10. The maximum atomic E-state index is 11.4. The average molecular weight is 407 g/mol. The zero-order valence-corrected chi connectivity index (χ0v) is 17.0. The largest absolute Gasteiger partial charge is 0.480 e. The topological polar surface area (TPSA) is 43.8 Å². The number of benzene rings is 2. The Morgan fingerprint density at radius 2 is 1.48 bits per heavy atom. The molecule has 0 aliphatic carbocycles. The minimum atomic E-state index is -0.776. The Balaban J connectivity index is 1.89. The molecule has 1 aliphatic rings. The zero-order valence-electron chi connectivity index (χ0n) is 15.5. The van der Waals surface area contributed by atoms with Crippen LogP contribution < -0.4 is 0 Å². The number of piperazine rings is 1. The van der Waals surface area contributed by atoms with Crippen LogP contribution in [-0.2, 0) is 4.79 Å². The molecule has 27 heavy (non-hydrogen) atoms. The number of carbonyl (C=O) groups is 1. The van der Waals surface area contributed by atoms with Crippen molar-refractivity contribution in [3.05, 3.63) is 69.7 Å². The van der Waals surface area contributed by atoms with Gasteiger partial charge in [0.15, 0.2) is 0 Å². The number of halogens is 2. The first-order valence-corrected chi connectivity index (χ1v) is 9.86. The van der Waals surface area contributed by atoms with E-state index in [1.165, 1.54) is 0 Å². The van der Waals surface area contributed by atoms with E-state index in [0.717, 1.165) is 24.2 Å². The Hall–Kier alpha value is -1.59. The van der Waals surface area contributed by atoms with Gasteiger partial charge in [-0.15, -0.1) is 0 Å². The van der Waals surface area contributed by atoms with E-state index >= 15 is 0 Å². The van der Waals surface area contributed by atoms with E-state index in [4.69, 9.17) is 23.2 Å². The molecule has 1 heterocycles. The highest BCUT2D eigenvalue weighted by Crippen LogP contribution is 2.32. The van der Waals surface area contributed by atoms with Crippen molar-refractivity contribution in [2.75, 3.05) is 19.6 Å². The lowest BCUT2D eigenvalue weighted by molar-refractivity contribution is -0.144. The SMILES string of the molecule is C[C@@H]1CN(C(c2ccc(Cl)cc2)c2ccc(Cl)cc2)CCN1[C@H](C)C(=O)O. The molecule has 1 N–H and O–H groups in total. The molecule has 144 valence electrons. The number of carboxylic acids is 1. The summed E-state index contributed by atoms with van der Waals surface area (Å²) < 4.78 is 0. The van der Waals surface area contributed by atoms with E-state index in [1.54, 1.807) is 6.92 Å². The number of rotatable bonds is 5. The molecule has 1 fully saturated rings. The molecule has 3 rings (SSSR count). The molecular formula is C21H24Cl2N2O2. The predicted octanol–water partition coefficient (Wildman–Crippen LogP) is 4.56. The van der Waals surface area contributed by atoms with Gasteiger partial charge in [0, 0.05) is 35.7 Å². The molecule has 0 amide bonds. The van der Waals surface area contributed by atoms with Crippen LogP contribution in [-0.4, -0.2) is 52.6 Å². The number of aliphatic carboxylic acids is 1. The fraction of sp³-hybridized carbons (Fsp3) is 0.381. The van der Waals surface area contributed by atoms with Crippen molar-refractivity contribution in [2.45, 2.75) is 32.0 Å². The Kier molecular flexibility index (Phi) is 6.43. The van der Waals surface area contributed by atoms with Gasteiger partial charge in [0.2, 0.25) is 0 Å². The number of carboxylic acid groups (broad SMARTS) is 1. The van der Waals surface area contributed by atoms with Crippen LogP contribution in [0.5, 0.6) is 0 Å². The minimum Gasteiger partial charge on any atom is -0.480 e. The Morgan fingerprint density at radius 3 is 1.89 bits per heavy atom. The van der Waals surface area contributed by atoms with Crippen molar-refractivity contribution in [3.63, 3.8) is 0 Å². The molecule has 2 aromatic carbocycles. The zero-order chi connectivity index (χ0) is 19.6. The van der Waals surface area contributed by atoms with Crippen LogP contribution in [0.1, 0.15) is 31.0 Å². The normalized spacial score (nSPS) is 20.0. The Bertz CT molecular complexity index is 734. The van der Waals surface area contributed by atoms with Crippen molar-refractivity contribution in [1.29, 1.82) is 0 Å². The molecule has 0 radical (unpaired) electrons. The van der Waals surface area contributed by atoms with Crippen molar-refractivity contribution in [2.24, 2.45) is 0 Å². The molecule has 6 heteroatoms. The molecule has 1 saturated heterocycles. The molecule has 2 atom stereocenters. The van der Waals surface area contributed by atoms with Crippen molar-refractivity contribution >= 4 is 29.2 Å². The first-order valence-electron chi connectivity index (χ1n) is 9.10. The van der Waals surface area contributed by atoms with E-state index in [1.807, 2.05) is 24.3 Å². The van der Waals surface area contributed by atoms with E-state index in [-0.39, 0.29) is 12.1 Å². The Labute approximate surface area is 170 Å². The first kappa shape index (κ1) is 20.2. The lowest BCUT2D eigenvalue weighted by Gasteiger charge is -2.45. The average Bonchev–Trinajstić information content (AvgIpc) is 2.64. The van der Waals surface area contributed by atoms with E-state index in [0.29, 0.717) is 16.6 Å². The van der Waals surface area contributed by atoms with Crippen LogP contribution in [0, 0.1) is 0 Å². The molecule has 0 saturated carbocycles. The highest BCUT2D eigenvalue weighted by atomic mass is 35.5. The monoisotopic (exact) mass is 406 g/mol. The van der Waals surface area contributed by atoms with E-state index < -0.39 is 12.0 Å². The fourth-order valence-electron chi connectivity index (χ4n) is 3.86. The summed E-state index contributed by atoms with van der Waals surface area (Å²) in [7, 11) is 0. The van der Waals surface area contributed by atoms with Crippen LogP contribution in [0.15, 0.2) is 48.5 Å². The third-order valence-electron chi connectivity index (χ3n) is 5.30. The summed E-state index contributed by atoms with van der Waals surface area (Å²) in [6.45, 7) is 6.13. The van der Waals surface area contributed by atoms with Gasteiger partial charge < -0.3 is 5.11 Å². The minimum absolute atomic E-state index is 0.0734. The van der Waals surface area contributed by atoms with Crippen molar-refractivity contribution < 1.29 is 9.90 Å². The van der Waals surface area contributed by atoms with Gasteiger partial charge in [-0.1, -0.05) is 47.5 Å². The second-order valence-corrected chi connectivity index (χ2v) is 7.97. The summed E-state index contributed by atoms with van der Waals surface area (Å²) >= 11 is 12.2. The lowest BCUT2D eigenvalue weighted by Crippen LogP contribution is -2.57. The summed E-state index contributed by atoms with van der Waals surface area (Å²) in [6, 6.07) is 15.6.